The molecule has 5 nitrogen and oxygen atoms in total. The van der Waals surface area contributed by atoms with E-state index in [9.17, 15) is 0 Å². The lowest BCUT2D eigenvalue weighted by atomic mass is 9.89. The molecular formula is C15H25N5S. The monoisotopic (exact) mass is 307 g/mol. The third-order valence-electron chi connectivity index (χ3n) is 3.52. The smallest absolute Gasteiger partial charge is 0.110 e. The van der Waals surface area contributed by atoms with E-state index in [-0.39, 0.29) is 11.5 Å². The average Bonchev–Trinajstić information content (AvgIpc) is 3.06. The highest BCUT2D eigenvalue weighted by molar-refractivity contribution is 7.05. The van der Waals surface area contributed by atoms with Crippen molar-refractivity contribution in [3.8, 4) is 0 Å². The first-order valence-corrected chi connectivity index (χ1v) is 8.30. The molecule has 0 fully saturated rings. The SMILES string of the molecule is CCNC(Cc1nccn1CC)c1snnc1C(C)(C)C. The summed E-state index contributed by atoms with van der Waals surface area (Å²) in [5.41, 5.74) is 1.10. The van der Waals surface area contributed by atoms with Gasteiger partial charge in [-0.3, -0.25) is 0 Å². The zero-order chi connectivity index (χ0) is 15.5. The van der Waals surface area contributed by atoms with Gasteiger partial charge in [-0.05, 0) is 25.0 Å². The average molecular weight is 307 g/mol. The molecule has 116 valence electrons. The van der Waals surface area contributed by atoms with Crippen LogP contribution >= 0.6 is 11.5 Å². The molecule has 0 bridgehead atoms. The summed E-state index contributed by atoms with van der Waals surface area (Å²) in [6, 6.07) is 0.219. The summed E-state index contributed by atoms with van der Waals surface area (Å²) in [6.07, 6.45) is 4.77. The number of rotatable bonds is 6. The second-order valence-electron chi connectivity index (χ2n) is 6.18. The number of imidazole rings is 1. The van der Waals surface area contributed by atoms with Crippen LogP contribution in [0, 0.1) is 0 Å². The first kappa shape index (κ1) is 16.1. The van der Waals surface area contributed by atoms with Gasteiger partial charge in [-0.1, -0.05) is 32.2 Å². The Balaban J connectivity index is 2.30. The lowest BCUT2D eigenvalue weighted by molar-refractivity contribution is 0.500. The molecule has 0 aliphatic heterocycles. The first-order valence-electron chi connectivity index (χ1n) is 7.53. The minimum absolute atomic E-state index is 0.0101. The summed E-state index contributed by atoms with van der Waals surface area (Å²) in [7, 11) is 0. The van der Waals surface area contributed by atoms with Gasteiger partial charge in [0.25, 0.3) is 0 Å². The van der Waals surface area contributed by atoms with E-state index in [1.165, 1.54) is 16.4 Å². The molecule has 1 atom stereocenters. The van der Waals surface area contributed by atoms with E-state index in [4.69, 9.17) is 0 Å². The molecule has 2 aromatic heterocycles. The van der Waals surface area contributed by atoms with Crippen LogP contribution in [0.2, 0.25) is 0 Å². The predicted molar refractivity (Wildman–Crippen MR) is 86.6 cm³/mol. The zero-order valence-electron chi connectivity index (χ0n) is 13.6. The Bertz CT molecular complexity index is 567. The molecule has 2 rings (SSSR count). The van der Waals surface area contributed by atoms with Crippen LogP contribution in [0.5, 0.6) is 0 Å². The number of aromatic nitrogens is 4. The number of hydrogen-bond acceptors (Lipinski definition) is 5. The molecule has 0 saturated heterocycles. The largest absolute Gasteiger partial charge is 0.335 e. The van der Waals surface area contributed by atoms with Gasteiger partial charge in [-0.2, -0.15) is 0 Å². The highest BCUT2D eigenvalue weighted by Crippen LogP contribution is 2.31. The Labute approximate surface area is 131 Å². The molecule has 0 saturated carbocycles. The van der Waals surface area contributed by atoms with Crippen LogP contribution in [-0.2, 0) is 18.4 Å². The maximum absolute atomic E-state index is 4.50. The number of hydrogen-bond donors (Lipinski definition) is 1. The van der Waals surface area contributed by atoms with Crippen LogP contribution in [-0.4, -0.2) is 25.7 Å². The van der Waals surface area contributed by atoms with Gasteiger partial charge >= 0.3 is 0 Å². The molecule has 0 amide bonds. The highest BCUT2D eigenvalue weighted by Gasteiger charge is 2.27. The van der Waals surface area contributed by atoms with Crippen molar-refractivity contribution in [3.63, 3.8) is 0 Å². The van der Waals surface area contributed by atoms with Crippen LogP contribution < -0.4 is 5.32 Å². The summed E-state index contributed by atoms with van der Waals surface area (Å²) >= 11 is 1.50. The quantitative estimate of drug-likeness (QED) is 0.891. The number of aryl methyl sites for hydroxylation is 1. The third-order valence-corrected chi connectivity index (χ3v) is 4.36. The topological polar surface area (TPSA) is 55.6 Å². The van der Waals surface area contributed by atoms with Crippen molar-refractivity contribution in [1.29, 1.82) is 0 Å². The van der Waals surface area contributed by atoms with Gasteiger partial charge in [0.1, 0.15) is 5.82 Å². The molecule has 0 radical (unpaired) electrons. The molecule has 1 N–H and O–H groups in total. The zero-order valence-corrected chi connectivity index (χ0v) is 14.4. The van der Waals surface area contributed by atoms with E-state index < -0.39 is 0 Å². The first-order chi connectivity index (χ1) is 9.97. The minimum Gasteiger partial charge on any atom is -0.335 e. The van der Waals surface area contributed by atoms with Crippen molar-refractivity contribution >= 4 is 11.5 Å². The molecule has 0 aliphatic rings. The lowest BCUT2D eigenvalue weighted by Gasteiger charge is -2.22. The summed E-state index contributed by atoms with van der Waals surface area (Å²) in [6.45, 7) is 12.7. The number of likely N-dealkylation sites (N-methyl/N-ethyl adjacent to an activating group) is 1. The highest BCUT2D eigenvalue weighted by atomic mass is 32.1. The Kier molecular flexibility index (Phi) is 5.11. The van der Waals surface area contributed by atoms with Crippen molar-refractivity contribution < 1.29 is 0 Å². The number of nitrogens with zero attached hydrogens (tertiary/aromatic N) is 4. The number of nitrogens with one attached hydrogen (secondary N) is 1. The standard InChI is InChI=1S/C15H25N5S/c1-6-16-11(10-12-17-8-9-20(12)7-2)13-14(15(3,4)5)18-19-21-13/h8-9,11,16H,6-7,10H2,1-5H3. The summed E-state index contributed by atoms with van der Waals surface area (Å²) in [5, 5.41) is 7.93. The van der Waals surface area contributed by atoms with E-state index in [2.05, 4.69) is 59.1 Å². The maximum Gasteiger partial charge on any atom is 0.110 e. The minimum atomic E-state index is 0.0101. The van der Waals surface area contributed by atoms with Gasteiger partial charge in [0.15, 0.2) is 0 Å². The fraction of sp³-hybridized carbons (Fsp3) is 0.667. The van der Waals surface area contributed by atoms with Crippen LogP contribution in [0.15, 0.2) is 12.4 Å². The predicted octanol–water partition coefficient (Wildman–Crippen LogP) is 2.95. The van der Waals surface area contributed by atoms with Crippen molar-refractivity contribution in [1.82, 2.24) is 24.5 Å². The van der Waals surface area contributed by atoms with E-state index in [0.717, 1.165) is 31.0 Å². The molecule has 2 aromatic rings. The van der Waals surface area contributed by atoms with E-state index in [1.54, 1.807) is 0 Å². The van der Waals surface area contributed by atoms with Crippen molar-refractivity contribution in [2.24, 2.45) is 0 Å². The van der Waals surface area contributed by atoms with Crippen LogP contribution in [0.1, 0.15) is 57.1 Å². The molecule has 21 heavy (non-hydrogen) atoms. The van der Waals surface area contributed by atoms with Gasteiger partial charge in [-0.25, -0.2) is 4.98 Å². The van der Waals surface area contributed by atoms with Crippen molar-refractivity contribution in [2.45, 2.75) is 59.0 Å². The van der Waals surface area contributed by atoms with E-state index >= 15 is 0 Å². The van der Waals surface area contributed by atoms with Gasteiger partial charge in [0.05, 0.1) is 16.6 Å². The Morgan fingerprint density at radius 2 is 2.10 bits per heavy atom. The van der Waals surface area contributed by atoms with Gasteiger partial charge in [-0.15, -0.1) is 5.10 Å². The molecule has 0 aromatic carbocycles. The molecule has 2 heterocycles. The van der Waals surface area contributed by atoms with Crippen molar-refractivity contribution in [2.75, 3.05) is 6.54 Å². The fourth-order valence-corrected chi connectivity index (χ4v) is 3.39. The van der Waals surface area contributed by atoms with Gasteiger partial charge in [0, 0.05) is 30.8 Å². The molecule has 0 spiro atoms. The molecule has 1 unspecified atom stereocenters. The Morgan fingerprint density at radius 3 is 2.71 bits per heavy atom. The van der Waals surface area contributed by atoms with E-state index in [0.29, 0.717) is 0 Å². The Hall–Kier alpha value is -1.27. The van der Waals surface area contributed by atoms with Crippen molar-refractivity contribution in [3.05, 3.63) is 28.8 Å². The second kappa shape index (κ2) is 6.66. The molecule has 6 heteroatoms. The van der Waals surface area contributed by atoms with Gasteiger partial charge < -0.3 is 9.88 Å². The van der Waals surface area contributed by atoms with Crippen LogP contribution in [0.25, 0.3) is 0 Å². The van der Waals surface area contributed by atoms with Crippen LogP contribution in [0.4, 0.5) is 0 Å². The van der Waals surface area contributed by atoms with Gasteiger partial charge in [0.2, 0.25) is 0 Å². The normalized spacial score (nSPS) is 13.6. The van der Waals surface area contributed by atoms with E-state index in [1.807, 2.05) is 12.4 Å². The fourth-order valence-electron chi connectivity index (χ4n) is 2.45. The molecule has 0 aliphatic carbocycles. The summed E-state index contributed by atoms with van der Waals surface area (Å²) in [4.78, 5) is 5.73. The second-order valence-corrected chi connectivity index (χ2v) is 6.97. The summed E-state index contributed by atoms with van der Waals surface area (Å²) in [5.74, 6) is 1.11. The molecular weight excluding hydrogens is 282 g/mol. The summed E-state index contributed by atoms with van der Waals surface area (Å²) < 4.78 is 6.38. The maximum atomic E-state index is 4.50. The Morgan fingerprint density at radius 1 is 1.33 bits per heavy atom. The van der Waals surface area contributed by atoms with Crippen LogP contribution in [0.3, 0.4) is 0 Å². The lowest BCUT2D eigenvalue weighted by Crippen LogP contribution is -2.26. The third kappa shape index (κ3) is 3.68.